The molecule has 0 N–H and O–H groups in total. The van der Waals surface area contributed by atoms with E-state index < -0.39 is 20.0 Å². The van der Waals surface area contributed by atoms with Gasteiger partial charge in [-0.25, -0.2) is 0 Å². The fourth-order valence-electron chi connectivity index (χ4n) is 2.33. The molecule has 0 unspecified atom stereocenters. The highest BCUT2D eigenvalue weighted by molar-refractivity contribution is 6.66. The number of allylic oxidation sites excluding steroid dienone is 2. The Kier molecular flexibility index (Phi) is 3.04. The molecule has 1 saturated carbocycles. The summed E-state index contributed by atoms with van der Waals surface area (Å²) in [6.07, 6.45) is 0.190. The maximum atomic E-state index is 11.5. The van der Waals surface area contributed by atoms with Gasteiger partial charge in [0.25, 0.3) is 0 Å². The van der Waals surface area contributed by atoms with E-state index in [0.29, 0.717) is 0 Å². The van der Waals surface area contributed by atoms with E-state index in [0.717, 1.165) is 0 Å². The van der Waals surface area contributed by atoms with Crippen molar-refractivity contribution in [3.8, 4) is 0 Å². The summed E-state index contributed by atoms with van der Waals surface area (Å²) in [5.41, 5.74) is 0. The van der Waals surface area contributed by atoms with E-state index in [9.17, 15) is 4.79 Å². The number of alkyl halides is 4. The Morgan fingerprint density at radius 2 is 1.69 bits per heavy atom. The van der Waals surface area contributed by atoms with Gasteiger partial charge >= 0.3 is 0 Å². The predicted octanol–water partition coefficient (Wildman–Crippen LogP) is 4.43. The Morgan fingerprint density at radius 3 is 2.00 bits per heavy atom. The first-order chi connectivity index (χ1) is 7.10. The number of rotatable bonds is 1. The second-order valence-corrected chi connectivity index (χ2v) is 7.41. The van der Waals surface area contributed by atoms with Gasteiger partial charge in [0.2, 0.25) is 0 Å². The maximum Gasteiger partial charge on any atom is 0.167 e. The molecule has 0 aromatic heterocycles. The average Bonchev–Trinajstić information content (AvgIpc) is 2.39. The molecule has 0 radical (unpaired) electrons. The molecule has 0 saturated heterocycles. The smallest absolute Gasteiger partial charge is 0.167 e. The summed E-state index contributed by atoms with van der Waals surface area (Å²) in [7, 11) is 0. The van der Waals surface area contributed by atoms with Gasteiger partial charge in [-0.15, -0.1) is 23.2 Å². The van der Waals surface area contributed by atoms with Crippen molar-refractivity contribution >= 4 is 75.4 Å². The van der Waals surface area contributed by atoms with Crippen LogP contribution in [0.1, 0.15) is 13.3 Å². The normalized spacial score (nSPS) is 45.3. The van der Waals surface area contributed by atoms with Crippen molar-refractivity contribution in [3.05, 3.63) is 10.1 Å². The molecule has 90 valence electrons. The highest BCUT2D eigenvalue weighted by Crippen LogP contribution is 2.74. The lowest BCUT2D eigenvalue weighted by atomic mass is 9.89. The van der Waals surface area contributed by atoms with E-state index in [2.05, 4.69) is 0 Å². The van der Waals surface area contributed by atoms with Crippen LogP contribution in [0.15, 0.2) is 10.1 Å². The number of hydrogen-bond acceptors (Lipinski definition) is 1. The first-order valence-electron chi connectivity index (χ1n) is 4.43. The second kappa shape index (κ2) is 3.59. The zero-order chi connectivity index (χ0) is 12.5. The Morgan fingerprint density at radius 1 is 1.19 bits per heavy atom. The molecule has 16 heavy (non-hydrogen) atoms. The van der Waals surface area contributed by atoms with Gasteiger partial charge in [-0.1, -0.05) is 46.4 Å². The third-order valence-electron chi connectivity index (χ3n) is 3.27. The minimum absolute atomic E-state index is 0.0716. The monoisotopic (exact) mass is 340 g/mol. The van der Waals surface area contributed by atoms with Crippen LogP contribution in [0.4, 0.5) is 0 Å². The minimum atomic E-state index is -1.59. The summed E-state index contributed by atoms with van der Waals surface area (Å²) >= 11 is 37.0. The molecular formula is C9H6Cl6O. The van der Waals surface area contributed by atoms with Crippen molar-refractivity contribution in [2.75, 3.05) is 0 Å². The number of Topliss-reactive ketones (excluding diaryl/α,β-unsaturated/α-hetero) is 1. The second-order valence-electron chi connectivity index (χ2n) is 4.08. The summed E-state index contributed by atoms with van der Waals surface area (Å²) in [4.78, 5) is 8.83. The van der Waals surface area contributed by atoms with Crippen molar-refractivity contribution < 1.29 is 4.79 Å². The van der Waals surface area contributed by atoms with Gasteiger partial charge in [-0.3, -0.25) is 4.79 Å². The molecule has 1 fully saturated rings. The van der Waals surface area contributed by atoms with Crippen molar-refractivity contribution in [2.24, 2.45) is 5.92 Å². The average molecular weight is 343 g/mol. The summed E-state index contributed by atoms with van der Waals surface area (Å²) in [6.45, 7) is 1.40. The van der Waals surface area contributed by atoms with Crippen molar-refractivity contribution in [3.63, 3.8) is 0 Å². The summed E-state index contributed by atoms with van der Waals surface area (Å²) in [5.74, 6) is -0.790. The number of ketones is 1. The number of halogens is 6. The topological polar surface area (TPSA) is 17.1 Å². The lowest BCUT2D eigenvalue weighted by molar-refractivity contribution is -0.121. The van der Waals surface area contributed by atoms with Crippen LogP contribution in [0.25, 0.3) is 0 Å². The minimum Gasteiger partial charge on any atom is -0.300 e. The summed E-state index contributed by atoms with van der Waals surface area (Å²) < 4.78 is -1.59. The highest BCUT2D eigenvalue weighted by atomic mass is 35.5. The van der Waals surface area contributed by atoms with Gasteiger partial charge in [0, 0.05) is 5.92 Å². The highest BCUT2D eigenvalue weighted by Gasteiger charge is 2.79. The van der Waals surface area contributed by atoms with Gasteiger partial charge in [0.05, 0.1) is 10.1 Å². The van der Waals surface area contributed by atoms with Crippen LogP contribution in [-0.2, 0) is 4.79 Å². The third-order valence-corrected chi connectivity index (χ3v) is 7.55. The Labute approximate surface area is 123 Å². The first-order valence-corrected chi connectivity index (χ1v) is 6.69. The molecule has 0 aromatic rings. The first kappa shape index (κ1) is 13.6. The number of carbonyl (C=O) groups excluding carboxylic acids is 1. The van der Waals surface area contributed by atoms with E-state index in [1.807, 2.05) is 0 Å². The molecule has 2 bridgehead atoms. The Hall–Kier alpha value is 1.15. The molecule has 2 aliphatic rings. The molecule has 0 aliphatic heterocycles. The lowest BCUT2D eigenvalue weighted by Gasteiger charge is -2.32. The SMILES string of the molecule is CC(=O)[C@H]1C[C@@]2(Cl)C(Cl)=C(Cl)[C@@]1(Cl)C2(Cl)Cl. The van der Waals surface area contributed by atoms with Gasteiger partial charge < -0.3 is 0 Å². The molecule has 0 heterocycles. The molecule has 2 rings (SSSR count). The van der Waals surface area contributed by atoms with Crippen molar-refractivity contribution in [2.45, 2.75) is 27.4 Å². The zero-order valence-electron chi connectivity index (χ0n) is 7.96. The Balaban J connectivity index is 2.69. The van der Waals surface area contributed by atoms with E-state index in [-0.39, 0.29) is 22.3 Å². The van der Waals surface area contributed by atoms with E-state index >= 15 is 0 Å². The van der Waals surface area contributed by atoms with Crippen LogP contribution in [0, 0.1) is 5.92 Å². The molecule has 1 nitrogen and oxygen atoms in total. The third kappa shape index (κ3) is 1.21. The maximum absolute atomic E-state index is 11.5. The van der Waals surface area contributed by atoms with E-state index in [1.54, 1.807) is 0 Å². The molecule has 2 aliphatic carbocycles. The van der Waals surface area contributed by atoms with E-state index in [1.165, 1.54) is 6.92 Å². The fourth-order valence-corrected chi connectivity index (χ4v) is 5.15. The number of carbonyl (C=O) groups is 1. The van der Waals surface area contributed by atoms with Crippen LogP contribution in [0.2, 0.25) is 0 Å². The van der Waals surface area contributed by atoms with Crippen molar-refractivity contribution in [1.29, 1.82) is 0 Å². The molecular weight excluding hydrogens is 337 g/mol. The molecule has 7 heteroatoms. The molecule has 0 spiro atoms. The lowest BCUT2D eigenvalue weighted by Crippen LogP contribution is -2.45. The quantitative estimate of drug-likeness (QED) is 0.644. The van der Waals surface area contributed by atoms with Crippen LogP contribution < -0.4 is 0 Å². The molecule has 3 atom stereocenters. The van der Waals surface area contributed by atoms with Gasteiger partial charge in [-0.05, 0) is 13.3 Å². The van der Waals surface area contributed by atoms with Crippen molar-refractivity contribution in [1.82, 2.24) is 0 Å². The zero-order valence-corrected chi connectivity index (χ0v) is 12.5. The van der Waals surface area contributed by atoms with Gasteiger partial charge in [0.15, 0.2) is 4.33 Å². The number of hydrogen-bond donors (Lipinski definition) is 0. The van der Waals surface area contributed by atoms with E-state index in [4.69, 9.17) is 69.6 Å². The van der Waals surface area contributed by atoms with Gasteiger partial charge in [-0.2, -0.15) is 0 Å². The summed E-state index contributed by atoms with van der Waals surface area (Å²) in [6, 6.07) is 0. The Bertz CT molecular complexity index is 416. The predicted molar refractivity (Wildman–Crippen MR) is 69.1 cm³/mol. The van der Waals surface area contributed by atoms with Crippen LogP contribution in [0.5, 0.6) is 0 Å². The number of fused-ring (bicyclic) bond motifs is 2. The largest absolute Gasteiger partial charge is 0.300 e. The molecule has 0 aromatic carbocycles. The summed E-state index contributed by atoms with van der Waals surface area (Å²) in [5, 5.41) is 0.204. The van der Waals surface area contributed by atoms with Crippen LogP contribution in [0.3, 0.4) is 0 Å². The van der Waals surface area contributed by atoms with Crippen LogP contribution in [-0.4, -0.2) is 19.9 Å². The van der Waals surface area contributed by atoms with Crippen LogP contribution >= 0.6 is 69.6 Å². The standard InChI is InChI=1S/C9H6Cl6O/c1-3(16)4-2-7(12)5(10)6(11)8(4,13)9(7,14)15/h4H,2H2,1H3/t4-,7-,8-/m1/s1. The fraction of sp³-hybridized carbons (Fsp3) is 0.667. The molecule has 0 amide bonds. The van der Waals surface area contributed by atoms with Gasteiger partial charge in [0.1, 0.15) is 15.5 Å².